The highest BCUT2D eigenvalue weighted by molar-refractivity contribution is 7.99. The van der Waals surface area contributed by atoms with E-state index < -0.39 is 0 Å². The second-order valence-corrected chi connectivity index (χ2v) is 9.71. The Morgan fingerprint density at radius 1 is 1.03 bits per heavy atom. The number of nitrogens with zero attached hydrogens (tertiary/aromatic N) is 3. The monoisotopic (exact) mass is 502 g/mol. The molecule has 0 unspecified atom stereocenters. The Hall–Kier alpha value is -3.69. The Morgan fingerprint density at radius 2 is 1.83 bits per heavy atom. The molecule has 5 aromatic rings. The Bertz CT molecular complexity index is 1560. The SMILES string of the molecule is CCOc1ccc2nc(NC(=O)CCSc3nc4ccccc4c(=O)n3-c3ccccc3)sc2c1. The van der Waals surface area contributed by atoms with E-state index in [-0.39, 0.29) is 17.9 Å². The summed E-state index contributed by atoms with van der Waals surface area (Å²) in [4.78, 5) is 35.1. The number of aromatic nitrogens is 3. The summed E-state index contributed by atoms with van der Waals surface area (Å²) in [5, 5.41) is 4.54. The third-order valence-corrected chi connectivity index (χ3v) is 7.11. The number of benzene rings is 3. The zero-order valence-corrected chi connectivity index (χ0v) is 20.6. The smallest absolute Gasteiger partial charge is 0.266 e. The maximum Gasteiger partial charge on any atom is 0.266 e. The van der Waals surface area contributed by atoms with E-state index in [1.807, 2.05) is 73.7 Å². The van der Waals surface area contributed by atoms with Gasteiger partial charge in [-0.1, -0.05) is 53.4 Å². The number of thiazole rings is 1. The van der Waals surface area contributed by atoms with Gasteiger partial charge in [0, 0.05) is 12.2 Å². The number of ether oxygens (including phenoxy) is 1. The highest BCUT2D eigenvalue weighted by Crippen LogP contribution is 2.29. The van der Waals surface area contributed by atoms with Crippen molar-refractivity contribution in [1.82, 2.24) is 14.5 Å². The van der Waals surface area contributed by atoms with Crippen LogP contribution in [0.1, 0.15) is 13.3 Å². The van der Waals surface area contributed by atoms with E-state index in [9.17, 15) is 9.59 Å². The Balaban J connectivity index is 1.31. The van der Waals surface area contributed by atoms with Crippen molar-refractivity contribution >= 4 is 55.3 Å². The number of rotatable bonds is 8. The number of fused-ring (bicyclic) bond motifs is 2. The van der Waals surface area contributed by atoms with Crippen LogP contribution in [0.25, 0.3) is 26.8 Å². The first-order chi connectivity index (χ1) is 17.1. The van der Waals surface area contributed by atoms with Crippen LogP contribution in [-0.4, -0.2) is 32.8 Å². The van der Waals surface area contributed by atoms with E-state index in [2.05, 4.69) is 10.3 Å². The number of para-hydroxylation sites is 2. The molecule has 0 fully saturated rings. The number of hydrogen-bond acceptors (Lipinski definition) is 7. The van der Waals surface area contributed by atoms with Gasteiger partial charge in [0.15, 0.2) is 10.3 Å². The Kier molecular flexibility index (Phi) is 6.78. The third kappa shape index (κ3) is 5.06. The van der Waals surface area contributed by atoms with Gasteiger partial charge in [0.25, 0.3) is 5.56 Å². The zero-order chi connectivity index (χ0) is 24.2. The van der Waals surface area contributed by atoms with Crippen LogP contribution in [0.15, 0.2) is 82.7 Å². The van der Waals surface area contributed by atoms with Gasteiger partial charge in [-0.15, -0.1) is 0 Å². The summed E-state index contributed by atoms with van der Waals surface area (Å²) < 4.78 is 8.09. The van der Waals surface area contributed by atoms with E-state index in [0.717, 1.165) is 21.7 Å². The molecule has 1 amide bonds. The first-order valence-electron chi connectivity index (χ1n) is 11.2. The fourth-order valence-electron chi connectivity index (χ4n) is 3.65. The second kappa shape index (κ2) is 10.3. The molecule has 0 aliphatic rings. The van der Waals surface area contributed by atoms with Crippen LogP contribution in [-0.2, 0) is 4.79 Å². The minimum Gasteiger partial charge on any atom is -0.494 e. The average molecular weight is 503 g/mol. The molecule has 176 valence electrons. The first-order valence-corrected chi connectivity index (χ1v) is 13.0. The van der Waals surface area contributed by atoms with Gasteiger partial charge >= 0.3 is 0 Å². The predicted molar refractivity (Wildman–Crippen MR) is 142 cm³/mol. The van der Waals surface area contributed by atoms with Gasteiger partial charge in [-0.25, -0.2) is 9.97 Å². The fraction of sp³-hybridized carbons (Fsp3) is 0.154. The summed E-state index contributed by atoms with van der Waals surface area (Å²) in [5.74, 6) is 1.10. The van der Waals surface area contributed by atoms with Gasteiger partial charge in [-0.05, 0) is 49.4 Å². The molecule has 1 N–H and O–H groups in total. The minimum absolute atomic E-state index is 0.130. The topological polar surface area (TPSA) is 86.1 Å². The maximum atomic E-state index is 13.3. The van der Waals surface area contributed by atoms with Crippen LogP contribution in [0.3, 0.4) is 0 Å². The van der Waals surface area contributed by atoms with Gasteiger partial charge in [0.2, 0.25) is 5.91 Å². The number of nitrogens with one attached hydrogen (secondary N) is 1. The summed E-state index contributed by atoms with van der Waals surface area (Å²) in [5.41, 5.74) is 2.06. The number of thioether (sulfide) groups is 1. The lowest BCUT2D eigenvalue weighted by Gasteiger charge is -2.13. The van der Waals surface area contributed by atoms with Crippen molar-refractivity contribution in [1.29, 1.82) is 0 Å². The van der Waals surface area contributed by atoms with Gasteiger partial charge < -0.3 is 10.1 Å². The predicted octanol–water partition coefficient (Wildman–Crippen LogP) is 5.52. The molecule has 35 heavy (non-hydrogen) atoms. The highest BCUT2D eigenvalue weighted by Gasteiger charge is 2.14. The van der Waals surface area contributed by atoms with Crippen LogP contribution >= 0.6 is 23.1 Å². The fourth-order valence-corrected chi connectivity index (χ4v) is 5.51. The van der Waals surface area contributed by atoms with Crippen molar-refractivity contribution in [3.05, 3.63) is 83.2 Å². The van der Waals surface area contributed by atoms with Crippen LogP contribution in [0.2, 0.25) is 0 Å². The molecule has 7 nitrogen and oxygen atoms in total. The van der Waals surface area contributed by atoms with Crippen molar-refractivity contribution in [3.63, 3.8) is 0 Å². The summed E-state index contributed by atoms with van der Waals surface area (Å²) in [6.45, 7) is 2.53. The van der Waals surface area contributed by atoms with Crippen LogP contribution < -0.4 is 15.6 Å². The van der Waals surface area contributed by atoms with Crippen molar-refractivity contribution in [2.45, 2.75) is 18.5 Å². The number of hydrogen-bond donors (Lipinski definition) is 1. The molecular weight excluding hydrogens is 480 g/mol. The minimum atomic E-state index is -0.143. The number of anilines is 1. The molecule has 0 aliphatic heterocycles. The molecule has 9 heteroatoms. The van der Waals surface area contributed by atoms with Gasteiger partial charge in [0.05, 0.1) is 33.4 Å². The zero-order valence-electron chi connectivity index (χ0n) is 18.9. The molecule has 2 heterocycles. The molecule has 3 aromatic carbocycles. The number of amides is 1. The van der Waals surface area contributed by atoms with E-state index in [0.29, 0.717) is 33.6 Å². The summed E-state index contributed by atoms with van der Waals surface area (Å²) in [6, 6.07) is 22.4. The van der Waals surface area contributed by atoms with E-state index in [1.54, 1.807) is 10.6 Å². The lowest BCUT2D eigenvalue weighted by molar-refractivity contribution is -0.115. The lowest BCUT2D eigenvalue weighted by atomic mass is 10.2. The van der Waals surface area contributed by atoms with E-state index in [1.165, 1.54) is 23.1 Å². The molecule has 0 spiro atoms. The molecule has 0 saturated carbocycles. The molecular formula is C26H22N4O3S2. The lowest BCUT2D eigenvalue weighted by Crippen LogP contribution is -2.22. The van der Waals surface area contributed by atoms with Crippen LogP contribution in [0.4, 0.5) is 5.13 Å². The van der Waals surface area contributed by atoms with Crippen molar-refractivity contribution in [2.75, 3.05) is 17.7 Å². The van der Waals surface area contributed by atoms with E-state index >= 15 is 0 Å². The standard InChI is InChI=1S/C26H22N4O3S2/c1-2-33-18-12-13-21-22(16-18)35-25(27-21)29-23(31)14-15-34-26-28-20-11-7-6-10-19(20)24(32)30(26)17-8-4-3-5-9-17/h3-13,16H,2,14-15H2,1H3,(H,27,29,31). The van der Waals surface area contributed by atoms with Gasteiger partial charge in [-0.2, -0.15) is 0 Å². The number of carbonyl (C=O) groups is 1. The molecule has 0 atom stereocenters. The summed E-state index contributed by atoms with van der Waals surface area (Å²) >= 11 is 2.79. The summed E-state index contributed by atoms with van der Waals surface area (Å²) in [6.07, 6.45) is 0.252. The average Bonchev–Trinajstić information content (AvgIpc) is 3.26. The molecule has 2 aromatic heterocycles. The van der Waals surface area contributed by atoms with Gasteiger partial charge in [-0.3, -0.25) is 14.2 Å². The quantitative estimate of drug-likeness (QED) is 0.222. The Labute approximate surface area is 209 Å². The highest BCUT2D eigenvalue weighted by atomic mass is 32.2. The maximum absolute atomic E-state index is 13.3. The molecule has 0 aliphatic carbocycles. The third-order valence-electron chi connectivity index (χ3n) is 5.24. The molecule has 5 rings (SSSR count). The van der Waals surface area contributed by atoms with Crippen molar-refractivity contribution in [2.24, 2.45) is 0 Å². The van der Waals surface area contributed by atoms with Gasteiger partial charge in [0.1, 0.15) is 5.75 Å². The second-order valence-electron chi connectivity index (χ2n) is 7.62. The molecule has 0 bridgehead atoms. The van der Waals surface area contributed by atoms with Crippen LogP contribution in [0.5, 0.6) is 5.75 Å². The van der Waals surface area contributed by atoms with Crippen molar-refractivity contribution < 1.29 is 9.53 Å². The van der Waals surface area contributed by atoms with Crippen LogP contribution in [0, 0.1) is 0 Å². The first kappa shape index (κ1) is 23.1. The largest absolute Gasteiger partial charge is 0.494 e. The number of carbonyl (C=O) groups excluding carboxylic acids is 1. The summed E-state index contributed by atoms with van der Waals surface area (Å²) in [7, 11) is 0. The molecule has 0 radical (unpaired) electrons. The van der Waals surface area contributed by atoms with E-state index in [4.69, 9.17) is 9.72 Å². The normalized spacial score (nSPS) is 11.1. The van der Waals surface area contributed by atoms with Crippen molar-refractivity contribution in [3.8, 4) is 11.4 Å². The molecule has 0 saturated heterocycles. The Morgan fingerprint density at radius 3 is 2.66 bits per heavy atom.